The summed E-state index contributed by atoms with van der Waals surface area (Å²) in [6, 6.07) is 7.31. The Morgan fingerprint density at radius 2 is 2.14 bits per heavy atom. The minimum absolute atomic E-state index is 0. The minimum Gasteiger partial charge on any atom is -0.494 e. The normalized spacial score (nSPS) is 13.0. The van der Waals surface area contributed by atoms with E-state index in [4.69, 9.17) is 4.74 Å². The third-order valence-electron chi connectivity index (χ3n) is 3.44. The number of halogens is 1. The van der Waals surface area contributed by atoms with E-state index in [1.54, 1.807) is 0 Å². The fourth-order valence-electron chi connectivity index (χ4n) is 2.40. The smallest absolute Gasteiger partial charge is 0.276 e. The highest BCUT2D eigenvalue weighted by Gasteiger charge is 2.21. The SMILES string of the molecule is CCOc1ccc(NC(=O)c2n[nH]c3c2CNCC3)cc1.Cl. The van der Waals surface area contributed by atoms with Crippen molar-refractivity contribution >= 4 is 24.0 Å². The van der Waals surface area contributed by atoms with E-state index in [0.717, 1.165) is 35.7 Å². The van der Waals surface area contributed by atoms with Gasteiger partial charge in [0.15, 0.2) is 5.69 Å². The van der Waals surface area contributed by atoms with Gasteiger partial charge in [-0.25, -0.2) is 0 Å². The van der Waals surface area contributed by atoms with E-state index in [1.165, 1.54) is 0 Å². The fraction of sp³-hybridized carbons (Fsp3) is 0.333. The average Bonchev–Trinajstić information content (AvgIpc) is 2.93. The highest BCUT2D eigenvalue weighted by atomic mass is 35.5. The molecule has 3 rings (SSSR count). The number of carbonyl (C=O) groups excluding carboxylic acids is 1. The van der Waals surface area contributed by atoms with Crippen LogP contribution >= 0.6 is 12.4 Å². The van der Waals surface area contributed by atoms with Crippen molar-refractivity contribution in [2.75, 3.05) is 18.5 Å². The van der Waals surface area contributed by atoms with Crippen LogP contribution in [-0.2, 0) is 13.0 Å². The van der Waals surface area contributed by atoms with E-state index >= 15 is 0 Å². The van der Waals surface area contributed by atoms with Crippen LogP contribution in [0.15, 0.2) is 24.3 Å². The van der Waals surface area contributed by atoms with E-state index in [-0.39, 0.29) is 18.3 Å². The van der Waals surface area contributed by atoms with Crippen LogP contribution in [0.5, 0.6) is 5.75 Å². The lowest BCUT2D eigenvalue weighted by atomic mass is 10.1. The lowest BCUT2D eigenvalue weighted by molar-refractivity contribution is 0.102. The van der Waals surface area contributed by atoms with Gasteiger partial charge in [0.25, 0.3) is 5.91 Å². The van der Waals surface area contributed by atoms with Crippen LogP contribution in [0.4, 0.5) is 5.69 Å². The first kappa shape index (κ1) is 16.3. The molecule has 1 aliphatic heterocycles. The second kappa shape index (κ2) is 7.29. The Balaban J connectivity index is 0.00000176. The number of nitrogens with zero attached hydrogens (tertiary/aromatic N) is 1. The van der Waals surface area contributed by atoms with Gasteiger partial charge in [-0.15, -0.1) is 12.4 Å². The number of ether oxygens (including phenoxy) is 1. The molecule has 1 amide bonds. The van der Waals surface area contributed by atoms with Gasteiger partial charge in [0.05, 0.1) is 6.61 Å². The van der Waals surface area contributed by atoms with Crippen LogP contribution in [0.3, 0.4) is 0 Å². The maximum Gasteiger partial charge on any atom is 0.276 e. The van der Waals surface area contributed by atoms with Gasteiger partial charge in [-0.05, 0) is 31.2 Å². The van der Waals surface area contributed by atoms with E-state index < -0.39 is 0 Å². The number of aromatic nitrogens is 2. The topological polar surface area (TPSA) is 79.0 Å². The van der Waals surface area contributed by atoms with Gasteiger partial charge in [0.2, 0.25) is 0 Å². The predicted octanol–water partition coefficient (Wildman–Crippen LogP) is 2.13. The molecule has 2 aromatic rings. The van der Waals surface area contributed by atoms with Gasteiger partial charge >= 0.3 is 0 Å². The molecule has 0 bridgehead atoms. The largest absolute Gasteiger partial charge is 0.494 e. The highest BCUT2D eigenvalue weighted by Crippen LogP contribution is 2.19. The number of aromatic amines is 1. The van der Waals surface area contributed by atoms with Crippen molar-refractivity contribution in [2.24, 2.45) is 0 Å². The molecule has 22 heavy (non-hydrogen) atoms. The number of rotatable bonds is 4. The van der Waals surface area contributed by atoms with Crippen LogP contribution in [0.2, 0.25) is 0 Å². The molecule has 1 aromatic carbocycles. The quantitative estimate of drug-likeness (QED) is 0.805. The summed E-state index contributed by atoms with van der Waals surface area (Å²) >= 11 is 0. The number of H-pyrrole nitrogens is 1. The number of anilines is 1. The first-order chi connectivity index (χ1) is 10.3. The molecule has 0 spiro atoms. The van der Waals surface area contributed by atoms with Crippen LogP contribution in [0, 0.1) is 0 Å². The molecule has 3 N–H and O–H groups in total. The second-order valence-electron chi connectivity index (χ2n) is 4.87. The van der Waals surface area contributed by atoms with Gasteiger partial charge in [-0.2, -0.15) is 5.10 Å². The summed E-state index contributed by atoms with van der Waals surface area (Å²) in [7, 11) is 0. The molecule has 0 saturated heterocycles. The standard InChI is InChI=1S/C15H18N4O2.ClH/c1-2-21-11-5-3-10(4-6-11)17-15(20)14-12-9-16-8-7-13(12)18-19-14;/h3-6,16H,2,7-9H2,1H3,(H,17,20)(H,18,19);1H. The van der Waals surface area contributed by atoms with Crippen molar-refractivity contribution in [2.45, 2.75) is 19.9 Å². The maximum atomic E-state index is 12.3. The summed E-state index contributed by atoms with van der Waals surface area (Å²) in [6.07, 6.45) is 0.874. The molecule has 1 aromatic heterocycles. The number of carbonyl (C=O) groups is 1. The Morgan fingerprint density at radius 1 is 1.36 bits per heavy atom. The molecule has 0 aliphatic carbocycles. The molecule has 0 saturated carbocycles. The Morgan fingerprint density at radius 3 is 2.86 bits per heavy atom. The number of benzene rings is 1. The summed E-state index contributed by atoms with van der Waals surface area (Å²) < 4.78 is 5.37. The molecule has 2 heterocycles. The fourth-order valence-corrected chi connectivity index (χ4v) is 2.40. The first-order valence-corrected chi connectivity index (χ1v) is 7.09. The van der Waals surface area contributed by atoms with Crippen molar-refractivity contribution in [1.82, 2.24) is 15.5 Å². The molecular formula is C15H19ClN4O2. The minimum atomic E-state index is -0.194. The number of hydrogen-bond donors (Lipinski definition) is 3. The van der Waals surface area contributed by atoms with Crippen molar-refractivity contribution in [3.63, 3.8) is 0 Å². The second-order valence-corrected chi connectivity index (χ2v) is 4.87. The van der Waals surface area contributed by atoms with E-state index in [1.807, 2.05) is 31.2 Å². The molecule has 7 heteroatoms. The van der Waals surface area contributed by atoms with E-state index in [9.17, 15) is 4.79 Å². The van der Waals surface area contributed by atoms with Crippen molar-refractivity contribution in [1.29, 1.82) is 0 Å². The Hall–Kier alpha value is -2.05. The predicted molar refractivity (Wildman–Crippen MR) is 86.8 cm³/mol. The number of hydrogen-bond acceptors (Lipinski definition) is 4. The lowest BCUT2D eigenvalue weighted by Gasteiger charge is -2.13. The van der Waals surface area contributed by atoms with Gasteiger partial charge in [0.1, 0.15) is 5.75 Å². The Labute approximate surface area is 135 Å². The molecule has 0 fully saturated rings. The highest BCUT2D eigenvalue weighted by molar-refractivity contribution is 6.04. The zero-order valence-electron chi connectivity index (χ0n) is 12.3. The Kier molecular flexibility index (Phi) is 5.41. The first-order valence-electron chi connectivity index (χ1n) is 7.09. The van der Waals surface area contributed by atoms with Gasteiger partial charge in [-0.1, -0.05) is 0 Å². The summed E-state index contributed by atoms with van der Waals surface area (Å²) in [6.45, 7) is 4.15. The monoisotopic (exact) mass is 322 g/mol. The van der Waals surface area contributed by atoms with E-state index in [2.05, 4.69) is 20.8 Å². The number of nitrogens with one attached hydrogen (secondary N) is 3. The summed E-state index contributed by atoms with van der Waals surface area (Å²) in [4.78, 5) is 12.3. The van der Waals surface area contributed by atoms with Crippen LogP contribution < -0.4 is 15.4 Å². The van der Waals surface area contributed by atoms with E-state index in [0.29, 0.717) is 18.8 Å². The molecule has 118 valence electrons. The summed E-state index contributed by atoms with van der Waals surface area (Å²) in [5, 5.41) is 13.2. The summed E-state index contributed by atoms with van der Waals surface area (Å²) in [5.41, 5.74) is 3.20. The third-order valence-corrected chi connectivity index (χ3v) is 3.44. The van der Waals surface area contributed by atoms with Crippen molar-refractivity contribution < 1.29 is 9.53 Å². The third kappa shape index (κ3) is 3.40. The van der Waals surface area contributed by atoms with Crippen LogP contribution in [0.1, 0.15) is 28.7 Å². The number of amides is 1. The summed E-state index contributed by atoms with van der Waals surface area (Å²) in [5.74, 6) is 0.595. The van der Waals surface area contributed by atoms with Gasteiger partial charge < -0.3 is 15.4 Å². The van der Waals surface area contributed by atoms with Crippen LogP contribution in [0.25, 0.3) is 0 Å². The average molecular weight is 323 g/mol. The molecule has 0 atom stereocenters. The van der Waals surface area contributed by atoms with Crippen molar-refractivity contribution in [3.8, 4) is 5.75 Å². The zero-order valence-corrected chi connectivity index (χ0v) is 13.1. The maximum absolute atomic E-state index is 12.3. The molecule has 1 aliphatic rings. The van der Waals surface area contributed by atoms with Gasteiger partial charge in [-0.3, -0.25) is 9.89 Å². The molecule has 0 unspecified atom stereocenters. The van der Waals surface area contributed by atoms with Crippen molar-refractivity contribution in [3.05, 3.63) is 41.2 Å². The van der Waals surface area contributed by atoms with Gasteiger partial charge in [0, 0.05) is 36.5 Å². The zero-order chi connectivity index (χ0) is 14.7. The van der Waals surface area contributed by atoms with Crippen LogP contribution in [-0.4, -0.2) is 29.3 Å². The number of fused-ring (bicyclic) bond motifs is 1. The molecule has 6 nitrogen and oxygen atoms in total. The lowest BCUT2D eigenvalue weighted by Crippen LogP contribution is -2.25. The Bertz CT molecular complexity index is 639. The molecule has 0 radical (unpaired) electrons. The molecular weight excluding hydrogens is 304 g/mol.